The summed E-state index contributed by atoms with van der Waals surface area (Å²) in [5.74, 6) is 0.535. The number of amides is 3. The van der Waals surface area contributed by atoms with Gasteiger partial charge < -0.3 is 24.8 Å². The predicted molar refractivity (Wildman–Crippen MR) is 108 cm³/mol. The first-order valence-corrected chi connectivity index (χ1v) is 8.84. The van der Waals surface area contributed by atoms with Gasteiger partial charge in [0.2, 0.25) is 0 Å². The third kappa shape index (κ3) is 4.22. The van der Waals surface area contributed by atoms with Crippen molar-refractivity contribution in [2.24, 2.45) is 0 Å². The average Bonchev–Trinajstić information content (AvgIpc) is 3.10. The van der Waals surface area contributed by atoms with Crippen LogP contribution < -0.4 is 15.4 Å². The number of nitrogens with one attached hydrogen (secondary N) is 2. The zero-order valence-corrected chi connectivity index (χ0v) is 16.1. The molecule has 0 saturated carbocycles. The molecule has 146 valence electrons. The molecule has 2 N–H and O–H groups in total. The van der Waals surface area contributed by atoms with Crippen LogP contribution in [0.2, 0.25) is 0 Å². The number of carbonyl (C=O) groups is 2. The standard InChI is InChI=1S/C20H23N5O3/c1-24(2)19(26)14-8-9-17-16(12-14)22-13-25(17)11-10-21-20(27)23-15-6-4-5-7-18(15)28-3/h4-9,12-13H,10-11H2,1-3H3,(H2,21,23,27). The molecule has 0 bridgehead atoms. The van der Waals surface area contributed by atoms with E-state index in [0.717, 1.165) is 11.0 Å². The van der Waals surface area contributed by atoms with Gasteiger partial charge in [0.1, 0.15) is 5.75 Å². The Morgan fingerprint density at radius 2 is 1.96 bits per heavy atom. The van der Waals surface area contributed by atoms with Gasteiger partial charge in [-0.2, -0.15) is 0 Å². The van der Waals surface area contributed by atoms with Gasteiger partial charge in [-0.3, -0.25) is 4.79 Å². The Hall–Kier alpha value is -3.55. The second-order valence-corrected chi connectivity index (χ2v) is 6.42. The number of hydrogen-bond donors (Lipinski definition) is 2. The molecule has 3 amide bonds. The second-order valence-electron chi connectivity index (χ2n) is 6.42. The van der Waals surface area contributed by atoms with Crippen molar-refractivity contribution in [3.05, 3.63) is 54.4 Å². The van der Waals surface area contributed by atoms with Crippen molar-refractivity contribution in [2.75, 3.05) is 33.1 Å². The minimum atomic E-state index is -0.312. The van der Waals surface area contributed by atoms with Gasteiger partial charge in [-0.15, -0.1) is 0 Å². The van der Waals surface area contributed by atoms with Crippen LogP contribution in [0, 0.1) is 0 Å². The van der Waals surface area contributed by atoms with Gasteiger partial charge >= 0.3 is 6.03 Å². The molecule has 0 unspecified atom stereocenters. The summed E-state index contributed by atoms with van der Waals surface area (Å²) >= 11 is 0. The SMILES string of the molecule is COc1ccccc1NC(=O)NCCn1cnc2cc(C(=O)N(C)C)ccc21. The van der Waals surface area contributed by atoms with E-state index in [-0.39, 0.29) is 11.9 Å². The highest BCUT2D eigenvalue weighted by atomic mass is 16.5. The molecule has 0 spiro atoms. The number of carbonyl (C=O) groups excluding carboxylic acids is 2. The number of para-hydroxylation sites is 2. The van der Waals surface area contributed by atoms with Gasteiger partial charge in [0, 0.05) is 32.7 Å². The molecule has 0 saturated heterocycles. The lowest BCUT2D eigenvalue weighted by Gasteiger charge is -2.12. The molecule has 3 rings (SSSR count). The molecule has 1 aromatic heterocycles. The van der Waals surface area contributed by atoms with Crippen molar-refractivity contribution in [1.29, 1.82) is 0 Å². The summed E-state index contributed by atoms with van der Waals surface area (Å²) in [6.45, 7) is 0.974. The zero-order chi connectivity index (χ0) is 20.1. The van der Waals surface area contributed by atoms with E-state index >= 15 is 0 Å². The number of rotatable bonds is 6. The fraction of sp³-hybridized carbons (Fsp3) is 0.250. The maximum Gasteiger partial charge on any atom is 0.319 e. The van der Waals surface area contributed by atoms with E-state index in [9.17, 15) is 9.59 Å². The molecule has 0 aliphatic rings. The summed E-state index contributed by atoms with van der Waals surface area (Å²) in [7, 11) is 4.99. The van der Waals surface area contributed by atoms with Crippen LogP contribution in [0.5, 0.6) is 5.75 Å². The molecule has 8 heteroatoms. The van der Waals surface area contributed by atoms with Crippen LogP contribution in [-0.4, -0.2) is 54.1 Å². The Balaban J connectivity index is 1.59. The number of aromatic nitrogens is 2. The van der Waals surface area contributed by atoms with Crippen molar-refractivity contribution < 1.29 is 14.3 Å². The minimum absolute atomic E-state index is 0.0638. The number of fused-ring (bicyclic) bond motifs is 1. The fourth-order valence-electron chi connectivity index (χ4n) is 2.84. The Bertz CT molecular complexity index is 996. The van der Waals surface area contributed by atoms with Crippen LogP contribution in [0.3, 0.4) is 0 Å². The minimum Gasteiger partial charge on any atom is -0.495 e. The van der Waals surface area contributed by atoms with Gasteiger partial charge in [0.25, 0.3) is 5.91 Å². The van der Waals surface area contributed by atoms with E-state index in [4.69, 9.17) is 4.74 Å². The van der Waals surface area contributed by atoms with Crippen LogP contribution in [0.4, 0.5) is 10.5 Å². The van der Waals surface area contributed by atoms with Crippen molar-refractivity contribution in [3.8, 4) is 5.75 Å². The highest BCUT2D eigenvalue weighted by molar-refractivity contribution is 5.97. The van der Waals surface area contributed by atoms with Gasteiger partial charge in [-0.25, -0.2) is 9.78 Å². The Morgan fingerprint density at radius 3 is 2.71 bits per heavy atom. The predicted octanol–water partition coefficient (Wildman–Crippen LogP) is 2.57. The number of methoxy groups -OCH3 is 1. The van der Waals surface area contributed by atoms with E-state index in [1.165, 1.54) is 4.90 Å². The Morgan fingerprint density at radius 1 is 1.18 bits per heavy atom. The number of hydrogen-bond acceptors (Lipinski definition) is 4. The van der Waals surface area contributed by atoms with Crippen LogP contribution in [0.25, 0.3) is 11.0 Å². The first-order valence-electron chi connectivity index (χ1n) is 8.84. The number of benzene rings is 2. The number of imidazole rings is 1. The highest BCUT2D eigenvalue weighted by Gasteiger charge is 2.11. The number of urea groups is 1. The van der Waals surface area contributed by atoms with Crippen molar-refractivity contribution in [3.63, 3.8) is 0 Å². The molecule has 0 aliphatic heterocycles. The lowest BCUT2D eigenvalue weighted by Crippen LogP contribution is -2.31. The lowest BCUT2D eigenvalue weighted by atomic mass is 10.2. The van der Waals surface area contributed by atoms with Crippen molar-refractivity contribution in [1.82, 2.24) is 19.8 Å². The summed E-state index contributed by atoms with van der Waals surface area (Å²) < 4.78 is 7.15. The van der Waals surface area contributed by atoms with Crippen LogP contribution in [-0.2, 0) is 6.54 Å². The summed E-state index contributed by atoms with van der Waals surface area (Å²) in [5.41, 5.74) is 2.85. The van der Waals surface area contributed by atoms with E-state index in [1.54, 1.807) is 51.8 Å². The Kier molecular flexibility index (Phi) is 5.78. The molecule has 28 heavy (non-hydrogen) atoms. The first-order chi connectivity index (χ1) is 13.5. The van der Waals surface area contributed by atoms with Crippen LogP contribution in [0.1, 0.15) is 10.4 Å². The van der Waals surface area contributed by atoms with Crippen molar-refractivity contribution >= 4 is 28.7 Å². The number of ether oxygens (including phenoxy) is 1. The molecular weight excluding hydrogens is 358 g/mol. The molecule has 0 radical (unpaired) electrons. The smallest absolute Gasteiger partial charge is 0.319 e. The lowest BCUT2D eigenvalue weighted by molar-refractivity contribution is 0.0827. The topological polar surface area (TPSA) is 88.5 Å². The normalized spacial score (nSPS) is 10.5. The zero-order valence-electron chi connectivity index (χ0n) is 16.1. The number of nitrogens with zero attached hydrogens (tertiary/aromatic N) is 3. The summed E-state index contributed by atoms with van der Waals surface area (Å²) in [4.78, 5) is 30.1. The summed E-state index contributed by atoms with van der Waals surface area (Å²) in [6.07, 6.45) is 1.70. The van der Waals surface area contributed by atoms with E-state index in [1.807, 2.05) is 22.8 Å². The van der Waals surface area contributed by atoms with Gasteiger partial charge in [-0.05, 0) is 30.3 Å². The third-order valence-corrected chi connectivity index (χ3v) is 4.27. The molecule has 3 aromatic rings. The van der Waals surface area contributed by atoms with Crippen molar-refractivity contribution in [2.45, 2.75) is 6.54 Å². The first kappa shape index (κ1) is 19.2. The molecule has 0 aliphatic carbocycles. The monoisotopic (exact) mass is 381 g/mol. The van der Waals surface area contributed by atoms with E-state index < -0.39 is 0 Å². The second kappa shape index (κ2) is 8.43. The number of anilines is 1. The Labute approximate surface area is 163 Å². The maximum atomic E-state index is 12.1. The molecule has 2 aromatic carbocycles. The fourth-order valence-corrected chi connectivity index (χ4v) is 2.84. The maximum absolute atomic E-state index is 12.1. The van der Waals surface area contributed by atoms with Crippen LogP contribution >= 0.6 is 0 Å². The van der Waals surface area contributed by atoms with Gasteiger partial charge in [-0.1, -0.05) is 12.1 Å². The van der Waals surface area contributed by atoms with Gasteiger partial charge in [0.15, 0.2) is 0 Å². The van der Waals surface area contributed by atoms with Gasteiger partial charge in [0.05, 0.1) is 30.2 Å². The highest BCUT2D eigenvalue weighted by Crippen LogP contribution is 2.22. The molecule has 0 atom stereocenters. The van der Waals surface area contributed by atoms with E-state index in [2.05, 4.69) is 15.6 Å². The average molecular weight is 381 g/mol. The van der Waals surface area contributed by atoms with E-state index in [0.29, 0.717) is 30.1 Å². The largest absolute Gasteiger partial charge is 0.495 e. The molecule has 8 nitrogen and oxygen atoms in total. The quantitative estimate of drug-likeness (QED) is 0.687. The molecule has 1 heterocycles. The van der Waals surface area contributed by atoms with Crippen LogP contribution in [0.15, 0.2) is 48.8 Å². The molecule has 0 fully saturated rings. The third-order valence-electron chi connectivity index (χ3n) is 4.27. The summed E-state index contributed by atoms with van der Waals surface area (Å²) in [5, 5.41) is 5.58. The summed E-state index contributed by atoms with van der Waals surface area (Å²) in [6, 6.07) is 12.3. The molecular formula is C20H23N5O3.